The van der Waals surface area contributed by atoms with Gasteiger partial charge in [-0.2, -0.15) is 0 Å². The zero-order valence-corrected chi connectivity index (χ0v) is 12.8. The Balaban J connectivity index is 2.24. The maximum Gasteiger partial charge on any atom is 0.257 e. The summed E-state index contributed by atoms with van der Waals surface area (Å²) in [5, 5.41) is 12.3. The fourth-order valence-corrected chi connectivity index (χ4v) is 1.85. The van der Waals surface area contributed by atoms with Crippen LogP contribution in [0.1, 0.15) is 20.3 Å². The summed E-state index contributed by atoms with van der Waals surface area (Å²) >= 11 is 3.34. The zero-order chi connectivity index (χ0) is 14.3. The highest BCUT2D eigenvalue weighted by molar-refractivity contribution is 9.10. The summed E-state index contributed by atoms with van der Waals surface area (Å²) in [5.41, 5.74) is 0. The standard InChI is InChI=1S/C14H20BrNO3/c1-10(2)12(17)7-8-16-14(18)9-19-13-6-4-3-5-11(13)15/h3-6,10,12,17H,7-9H2,1-2H3,(H,16,18). The number of carbonyl (C=O) groups is 1. The van der Waals surface area contributed by atoms with Crippen LogP contribution in [0.2, 0.25) is 0 Å². The molecule has 0 aromatic heterocycles. The second-order valence-electron chi connectivity index (χ2n) is 4.67. The van der Waals surface area contributed by atoms with Crippen LogP contribution in [0.5, 0.6) is 5.75 Å². The van der Waals surface area contributed by atoms with E-state index in [9.17, 15) is 9.90 Å². The molecule has 0 bridgehead atoms. The lowest BCUT2D eigenvalue weighted by Gasteiger charge is -2.14. The lowest BCUT2D eigenvalue weighted by atomic mass is 10.0. The molecule has 0 spiro atoms. The van der Waals surface area contributed by atoms with Crippen molar-refractivity contribution in [1.82, 2.24) is 5.32 Å². The van der Waals surface area contributed by atoms with Gasteiger partial charge in [-0.3, -0.25) is 4.79 Å². The molecule has 1 unspecified atom stereocenters. The Morgan fingerprint density at radius 3 is 2.74 bits per heavy atom. The minimum absolute atomic E-state index is 0.0274. The molecule has 0 radical (unpaired) electrons. The smallest absolute Gasteiger partial charge is 0.257 e. The van der Waals surface area contributed by atoms with Crippen molar-refractivity contribution in [3.63, 3.8) is 0 Å². The third-order valence-corrected chi connectivity index (χ3v) is 3.38. The van der Waals surface area contributed by atoms with Gasteiger partial charge in [-0.25, -0.2) is 0 Å². The molecule has 0 aliphatic rings. The van der Waals surface area contributed by atoms with Crippen molar-refractivity contribution in [2.45, 2.75) is 26.4 Å². The summed E-state index contributed by atoms with van der Waals surface area (Å²) in [6, 6.07) is 7.37. The van der Waals surface area contributed by atoms with Crippen LogP contribution >= 0.6 is 15.9 Å². The maximum absolute atomic E-state index is 11.5. The number of para-hydroxylation sites is 1. The van der Waals surface area contributed by atoms with Gasteiger partial charge >= 0.3 is 0 Å². The van der Waals surface area contributed by atoms with Crippen molar-refractivity contribution in [2.24, 2.45) is 5.92 Å². The highest BCUT2D eigenvalue weighted by Gasteiger charge is 2.10. The van der Waals surface area contributed by atoms with E-state index in [0.29, 0.717) is 18.7 Å². The first kappa shape index (κ1) is 16.0. The number of hydrogen-bond acceptors (Lipinski definition) is 3. The van der Waals surface area contributed by atoms with Crippen LogP contribution in [0, 0.1) is 5.92 Å². The average Bonchev–Trinajstić information content (AvgIpc) is 2.37. The number of nitrogens with one attached hydrogen (secondary N) is 1. The van der Waals surface area contributed by atoms with Gasteiger partial charge in [0.05, 0.1) is 10.6 Å². The van der Waals surface area contributed by atoms with Crippen molar-refractivity contribution in [3.05, 3.63) is 28.7 Å². The normalized spacial score (nSPS) is 12.3. The van der Waals surface area contributed by atoms with E-state index in [4.69, 9.17) is 4.74 Å². The van der Waals surface area contributed by atoms with E-state index < -0.39 is 0 Å². The third-order valence-electron chi connectivity index (χ3n) is 2.73. The number of halogens is 1. The Morgan fingerprint density at radius 2 is 2.11 bits per heavy atom. The van der Waals surface area contributed by atoms with Crippen molar-refractivity contribution < 1.29 is 14.6 Å². The van der Waals surface area contributed by atoms with Gasteiger partial charge in [0.25, 0.3) is 5.91 Å². The number of hydrogen-bond donors (Lipinski definition) is 2. The predicted octanol–water partition coefficient (Wildman–Crippen LogP) is 2.35. The van der Waals surface area contributed by atoms with Crippen LogP contribution in [0.3, 0.4) is 0 Å². The number of benzene rings is 1. The fraction of sp³-hybridized carbons (Fsp3) is 0.500. The second kappa shape index (κ2) is 8.17. The summed E-state index contributed by atoms with van der Waals surface area (Å²) in [7, 11) is 0. The highest BCUT2D eigenvalue weighted by atomic mass is 79.9. The van der Waals surface area contributed by atoms with E-state index in [0.717, 1.165) is 4.47 Å². The lowest BCUT2D eigenvalue weighted by molar-refractivity contribution is -0.123. The average molecular weight is 330 g/mol. The van der Waals surface area contributed by atoms with Crippen molar-refractivity contribution in [1.29, 1.82) is 0 Å². The summed E-state index contributed by atoms with van der Waals surface area (Å²) in [5.74, 6) is 0.653. The molecule has 1 aromatic rings. The number of aliphatic hydroxyl groups excluding tert-OH is 1. The van der Waals surface area contributed by atoms with E-state index in [1.165, 1.54) is 0 Å². The van der Waals surface area contributed by atoms with Gasteiger partial charge in [-0.1, -0.05) is 26.0 Å². The quantitative estimate of drug-likeness (QED) is 0.807. The maximum atomic E-state index is 11.5. The Hall–Kier alpha value is -1.07. The van der Waals surface area contributed by atoms with Crippen molar-refractivity contribution in [2.75, 3.05) is 13.2 Å². The molecule has 1 aromatic carbocycles. The molecule has 0 aliphatic heterocycles. The molecule has 0 saturated carbocycles. The van der Waals surface area contributed by atoms with Crippen LogP contribution in [-0.4, -0.2) is 30.3 Å². The molecule has 0 aliphatic carbocycles. The number of rotatable bonds is 7. The number of amides is 1. The van der Waals surface area contributed by atoms with Gasteiger partial charge in [0.1, 0.15) is 5.75 Å². The molecule has 2 N–H and O–H groups in total. The summed E-state index contributed by atoms with van der Waals surface area (Å²) in [6.45, 7) is 4.32. The molecule has 1 amide bonds. The first-order valence-corrected chi connectivity index (χ1v) is 7.12. The third kappa shape index (κ3) is 6.07. The highest BCUT2D eigenvalue weighted by Crippen LogP contribution is 2.23. The van der Waals surface area contributed by atoms with E-state index in [1.807, 2.05) is 32.0 Å². The molecular weight excluding hydrogens is 310 g/mol. The summed E-state index contributed by atoms with van der Waals surface area (Å²) < 4.78 is 6.20. The molecule has 19 heavy (non-hydrogen) atoms. The van der Waals surface area contributed by atoms with Gasteiger partial charge in [-0.15, -0.1) is 0 Å². The topological polar surface area (TPSA) is 58.6 Å². The van der Waals surface area contributed by atoms with Gasteiger partial charge in [-0.05, 0) is 40.4 Å². The molecule has 0 heterocycles. The molecule has 0 fully saturated rings. The van der Waals surface area contributed by atoms with E-state index in [1.54, 1.807) is 6.07 Å². The van der Waals surface area contributed by atoms with Crippen LogP contribution in [0.25, 0.3) is 0 Å². The Labute approximate surface area is 122 Å². The Kier molecular flexibility index (Phi) is 6.87. The molecular formula is C14H20BrNO3. The molecule has 106 valence electrons. The number of carbonyl (C=O) groups excluding carboxylic acids is 1. The van der Waals surface area contributed by atoms with Crippen LogP contribution < -0.4 is 10.1 Å². The van der Waals surface area contributed by atoms with E-state index >= 15 is 0 Å². The first-order valence-electron chi connectivity index (χ1n) is 6.32. The SMILES string of the molecule is CC(C)C(O)CCNC(=O)COc1ccccc1Br. The first-order chi connectivity index (χ1) is 9.00. The Morgan fingerprint density at radius 1 is 1.42 bits per heavy atom. The summed E-state index contributed by atoms with van der Waals surface area (Å²) in [6.07, 6.45) is 0.169. The predicted molar refractivity (Wildman–Crippen MR) is 78.1 cm³/mol. The minimum atomic E-state index is -0.385. The molecule has 0 saturated heterocycles. The molecule has 1 rings (SSSR count). The number of ether oxygens (including phenoxy) is 1. The van der Waals surface area contributed by atoms with E-state index in [-0.39, 0.29) is 24.5 Å². The fourth-order valence-electron chi connectivity index (χ4n) is 1.45. The van der Waals surface area contributed by atoms with Crippen LogP contribution in [0.4, 0.5) is 0 Å². The second-order valence-corrected chi connectivity index (χ2v) is 5.52. The lowest BCUT2D eigenvalue weighted by Crippen LogP contribution is -2.32. The number of aliphatic hydroxyl groups is 1. The summed E-state index contributed by atoms with van der Waals surface area (Å²) in [4.78, 5) is 11.5. The largest absolute Gasteiger partial charge is 0.483 e. The zero-order valence-electron chi connectivity index (χ0n) is 11.2. The van der Waals surface area contributed by atoms with Gasteiger partial charge in [0.2, 0.25) is 0 Å². The van der Waals surface area contributed by atoms with Crippen LogP contribution in [0.15, 0.2) is 28.7 Å². The van der Waals surface area contributed by atoms with Gasteiger partial charge in [0.15, 0.2) is 6.61 Å². The molecule has 4 nitrogen and oxygen atoms in total. The van der Waals surface area contributed by atoms with Gasteiger partial charge < -0.3 is 15.2 Å². The van der Waals surface area contributed by atoms with Crippen LogP contribution in [-0.2, 0) is 4.79 Å². The molecule has 1 atom stereocenters. The van der Waals surface area contributed by atoms with Crippen molar-refractivity contribution >= 4 is 21.8 Å². The van der Waals surface area contributed by atoms with Gasteiger partial charge in [0, 0.05) is 6.54 Å². The molecule has 5 heteroatoms. The minimum Gasteiger partial charge on any atom is -0.483 e. The Bertz CT molecular complexity index is 409. The van der Waals surface area contributed by atoms with Crippen molar-refractivity contribution in [3.8, 4) is 5.75 Å². The monoisotopic (exact) mass is 329 g/mol. The van der Waals surface area contributed by atoms with E-state index in [2.05, 4.69) is 21.2 Å².